The molecule has 0 saturated heterocycles. The average molecular weight is 281 g/mol. The smallest absolute Gasteiger partial charge is 0.417 e. The summed E-state index contributed by atoms with van der Waals surface area (Å²) in [4.78, 5) is 0. The Hall–Kier alpha value is -2.55. The number of halogens is 4. The second-order valence-corrected chi connectivity index (χ2v) is 3.85. The highest BCUT2D eigenvalue weighted by Crippen LogP contribution is 2.34. The van der Waals surface area contributed by atoms with Gasteiger partial charge in [-0.1, -0.05) is 12.1 Å². The van der Waals surface area contributed by atoms with Crippen LogP contribution in [0.4, 0.5) is 17.6 Å². The van der Waals surface area contributed by atoms with E-state index in [9.17, 15) is 17.6 Å². The molecule has 2 aromatic carbocycles. The molecule has 0 atom stereocenters. The molecule has 0 amide bonds. The molecule has 0 aliphatic carbocycles. The maximum Gasteiger partial charge on any atom is 0.417 e. The summed E-state index contributed by atoms with van der Waals surface area (Å²) >= 11 is 0. The van der Waals surface area contributed by atoms with E-state index in [1.165, 1.54) is 24.3 Å². The van der Waals surface area contributed by atoms with Crippen molar-refractivity contribution in [2.24, 2.45) is 0 Å². The number of benzene rings is 2. The van der Waals surface area contributed by atoms with Crippen LogP contribution in [0.15, 0.2) is 42.5 Å². The molecule has 0 fully saturated rings. The molecule has 0 bridgehead atoms. The van der Waals surface area contributed by atoms with Gasteiger partial charge in [0, 0.05) is 0 Å². The van der Waals surface area contributed by atoms with Gasteiger partial charge in [0.15, 0.2) is 11.6 Å². The Bertz CT molecular complexity index is 674. The van der Waals surface area contributed by atoms with Crippen LogP contribution in [0.2, 0.25) is 0 Å². The van der Waals surface area contributed by atoms with Gasteiger partial charge in [0.25, 0.3) is 0 Å². The van der Waals surface area contributed by atoms with Crippen molar-refractivity contribution in [3.8, 4) is 17.6 Å². The predicted octanol–water partition coefficient (Wildman–Crippen LogP) is 4.51. The minimum absolute atomic E-state index is 0.0420. The predicted molar refractivity (Wildman–Crippen MR) is 62.6 cm³/mol. The third-order valence-corrected chi connectivity index (χ3v) is 2.48. The molecular formula is C14H7F4NO. The standard InChI is InChI=1S/C14H7F4NO/c15-12-3-1-2-4-13(12)20-10-5-6-11(14(16,17)18)9(7-10)8-19/h1-7H. The second kappa shape index (κ2) is 5.21. The number of alkyl halides is 3. The molecule has 0 N–H and O–H groups in total. The number of para-hydroxylation sites is 1. The average Bonchev–Trinajstić information content (AvgIpc) is 2.40. The Balaban J connectivity index is 2.37. The van der Waals surface area contributed by atoms with Crippen molar-refractivity contribution in [3.63, 3.8) is 0 Å². The van der Waals surface area contributed by atoms with Crippen molar-refractivity contribution in [3.05, 3.63) is 59.4 Å². The quantitative estimate of drug-likeness (QED) is 0.759. The van der Waals surface area contributed by atoms with Gasteiger partial charge in [-0.25, -0.2) is 4.39 Å². The van der Waals surface area contributed by atoms with Gasteiger partial charge in [0.1, 0.15) is 5.75 Å². The lowest BCUT2D eigenvalue weighted by atomic mass is 10.1. The van der Waals surface area contributed by atoms with Crippen molar-refractivity contribution in [1.82, 2.24) is 0 Å². The fourth-order valence-electron chi connectivity index (χ4n) is 1.58. The summed E-state index contributed by atoms with van der Waals surface area (Å²) in [5.41, 5.74) is -1.63. The van der Waals surface area contributed by atoms with E-state index in [2.05, 4.69) is 0 Å². The summed E-state index contributed by atoms with van der Waals surface area (Å²) in [6.45, 7) is 0. The number of nitriles is 1. The highest BCUT2D eigenvalue weighted by atomic mass is 19.4. The van der Waals surface area contributed by atoms with Gasteiger partial charge in [-0.05, 0) is 30.3 Å². The summed E-state index contributed by atoms with van der Waals surface area (Å²) < 4.78 is 56.3. The molecule has 2 nitrogen and oxygen atoms in total. The number of rotatable bonds is 2. The molecule has 20 heavy (non-hydrogen) atoms. The summed E-state index contributed by atoms with van der Waals surface area (Å²) in [6.07, 6.45) is -4.62. The minimum Gasteiger partial charge on any atom is -0.454 e. The Morgan fingerprint density at radius 3 is 2.35 bits per heavy atom. The topological polar surface area (TPSA) is 33.0 Å². The van der Waals surface area contributed by atoms with Crippen LogP contribution in [0.1, 0.15) is 11.1 Å². The lowest BCUT2D eigenvalue weighted by Gasteiger charge is -2.11. The Kier molecular flexibility index (Phi) is 3.61. The number of nitrogens with zero attached hydrogens (tertiary/aromatic N) is 1. The van der Waals surface area contributed by atoms with Gasteiger partial charge in [0.05, 0.1) is 17.2 Å². The lowest BCUT2D eigenvalue weighted by Crippen LogP contribution is -2.07. The van der Waals surface area contributed by atoms with Gasteiger partial charge in [-0.15, -0.1) is 0 Å². The minimum atomic E-state index is -4.62. The van der Waals surface area contributed by atoms with E-state index in [0.29, 0.717) is 0 Å². The second-order valence-electron chi connectivity index (χ2n) is 3.85. The van der Waals surface area contributed by atoms with E-state index in [-0.39, 0.29) is 11.5 Å². The van der Waals surface area contributed by atoms with Crippen molar-refractivity contribution < 1.29 is 22.3 Å². The molecule has 102 valence electrons. The monoisotopic (exact) mass is 281 g/mol. The Morgan fingerprint density at radius 1 is 1.05 bits per heavy atom. The fraction of sp³-hybridized carbons (Fsp3) is 0.0714. The summed E-state index contributed by atoms with van der Waals surface area (Å²) in [7, 11) is 0. The van der Waals surface area contributed by atoms with E-state index < -0.39 is 23.1 Å². The number of hydrogen-bond donors (Lipinski definition) is 0. The molecule has 0 aliphatic heterocycles. The van der Waals surface area contributed by atoms with Gasteiger partial charge in [-0.3, -0.25) is 0 Å². The zero-order valence-electron chi connectivity index (χ0n) is 9.91. The van der Waals surface area contributed by atoms with E-state index in [1.54, 1.807) is 0 Å². The first-order chi connectivity index (χ1) is 9.41. The van der Waals surface area contributed by atoms with Crippen molar-refractivity contribution in [2.45, 2.75) is 6.18 Å². The maximum atomic E-state index is 13.4. The normalized spacial score (nSPS) is 10.9. The molecule has 2 rings (SSSR count). The van der Waals surface area contributed by atoms with Crippen LogP contribution in [-0.2, 0) is 6.18 Å². The van der Waals surface area contributed by atoms with Gasteiger partial charge in [0.2, 0.25) is 0 Å². The van der Waals surface area contributed by atoms with E-state index in [4.69, 9.17) is 10.00 Å². The summed E-state index contributed by atoms with van der Waals surface area (Å²) in [6, 6.07) is 9.61. The molecule has 0 aliphatic rings. The van der Waals surface area contributed by atoms with Crippen LogP contribution in [0, 0.1) is 17.1 Å². The highest BCUT2D eigenvalue weighted by Gasteiger charge is 2.33. The summed E-state index contributed by atoms with van der Waals surface area (Å²) in [5, 5.41) is 8.75. The van der Waals surface area contributed by atoms with Crippen LogP contribution >= 0.6 is 0 Å². The van der Waals surface area contributed by atoms with Crippen LogP contribution in [0.3, 0.4) is 0 Å². The molecule has 0 spiro atoms. The van der Waals surface area contributed by atoms with E-state index in [1.807, 2.05) is 0 Å². The molecule has 0 aromatic heterocycles. The lowest BCUT2D eigenvalue weighted by molar-refractivity contribution is -0.137. The molecule has 0 radical (unpaired) electrons. The Morgan fingerprint density at radius 2 is 1.75 bits per heavy atom. The summed E-state index contributed by atoms with van der Waals surface area (Å²) in [5.74, 6) is -0.818. The first-order valence-electron chi connectivity index (χ1n) is 5.45. The molecule has 0 saturated carbocycles. The molecular weight excluding hydrogens is 274 g/mol. The maximum absolute atomic E-state index is 13.4. The number of ether oxygens (including phenoxy) is 1. The first kappa shape index (κ1) is 13.9. The van der Waals surface area contributed by atoms with E-state index in [0.717, 1.165) is 24.3 Å². The largest absolute Gasteiger partial charge is 0.454 e. The van der Waals surface area contributed by atoms with Crippen LogP contribution in [-0.4, -0.2) is 0 Å². The third-order valence-electron chi connectivity index (χ3n) is 2.48. The third kappa shape index (κ3) is 2.88. The highest BCUT2D eigenvalue weighted by molar-refractivity contribution is 5.46. The molecule has 6 heteroatoms. The fourth-order valence-corrected chi connectivity index (χ4v) is 1.58. The van der Waals surface area contributed by atoms with E-state index >= 15 is 0 Å². The van der Waals surface area contributed by atoms with Gasteiger partial charge in [-0.2, -0.15) is 18.4 Å². The molecule has 2 aromatic rings. The van der Waals surface area contributed by atoms with Crippen molar-refractivity contribution in [2.75, 3.05) is 0 Å². The van der Waals surface area contributed by atoms with Gasteiger partial charge >= 0.3 is 6.18 Å². The van der Waals surface area contributed by atoms with Crippen LogP contribution in [0.5, 0.6) is 11.5 Å². The first-order valence-corrected chi connectivity index (χ1v) is 5.45. The van der Waals surface area contributed by atoms with Crippen molar-refractivity contribution >= 4 is 0 Å². The molecule has 0 unspecified atom stereocenters. The SMILES string of the molecule is N#Cc1cc(Oc2ccccc2F)ccc1C(F)(F)F. The van der Waals surface area contributed by atoms with Crippen LogP contribution in [0.25, 0.3) is 0 Å². The van der Waals surface area contributed by atoms with Crippen LogP contribution < -0.4 is 4.74 Å². The molecule has 0 heterocycles. The Labute approximate surface area is 111 Å². The van der Waals surface area contributed by atoms with Gasteiger partial charge < -0.3 is 4.74 Å². The zero-order chi connectivity index (χ0) is 14.8. The zero-order valence-corrected chi connectivity index (χ0v) is 9.91. The number of hydrogen-bond acceptors (Lipinski definition) is 2. The van der Waals surface area contributed by atoms with Crippen molar-refractivity contribution in [1.29, 1.82) is 5.26 Å².